The second-order valence-electron chi connectivity index (χ2n) is 5.52. The number of rotatable bonds is 3. The highest BCUT2D eigenvalue weighted by Crippen LogP contribution is 2.23. The molecule has 3 rings (SSSR count). The minimum atomic E-state index is 0.0610. The first kappa shape index (κ1) is 14.2. The van der Waals surface area contributed by atoms with Crippen LogP contribution in [-0.4, -0.2) is 71.7 Å². The van der Waals surface area contributed by atoms with Gasteiger partial charge in [0.05, 0.1) is 19.3 Å². The van der Waals surface area contributed by atoms with E-state index in [0.717, 1.165) is 31.6 Å². The molecule has 3 heterocycles. The number of likely N-dealkylation sites (tertiary alicyclic amines) is 1. The van der Waals surface area contributed by atoms with Gasteiger partial charge >= 0.3 is 6.01 Å². The van der Waals surface area contributed by atoms with Crippen molar-refractivity contribution in [2.24, 2.45) is 0 Å². The fourth-order valence-electron chi connectivity index (χ4n) is 2.94. The lowest BCUT2D eigenvalue weighted by Gasteiger charge is -2.45. The second-order valence-corrected chi connectivity index (χ2v) is 5.52. The molecule has 2 saturated heterocycles. The number of aromatic nitrogens is 2. The molecule has 0 aliphatic carbocycles. The van der Waals surface area contributed by atoms with Crippen molar-refractivity contribution >= 4 is 5.91 Å². The van der Waals surface area contributed by atoms with Gasteiger partial charge in [0.25, 0.3) is 0 Å². The summed E-state index contributed by atoms with van der Waals surface area (Å²) in [7, 11) is 3.41. The molecule has 21 heavy (non-hydrogen) atoms. The number of ether oxygens (including phenoxy) is 2. The summed E-state index contributed by atoms with van der Waals surface area (Å²) in [6.45, 7) is 2.76. The fraction of sp³-hybridized carbons (Fsp3) is 0.643. The minimum Gasteiger partial charge on any atom is -0.467 e. The molecular formula is C14H20N4O3. The maximum atomic E-state index is 11.7. The van der Waals surface area contributed by atoms with Crippen LogP contribution in [0.15, 0.2) is 12.4 Å². The molecule has 0 bridgehead atoms. The Morgan fingerprint density at radius 2 is 2.19 bits per heavy atom. The number of piperidine rings is 1. The standard InChI is InChI=1S/C14H20N4O3/c1-17-11-8-18(4-3-12(11)21-9-13(17)19)7-10-5-15-14(20-2)16-6-10/h5-6,11-12H,3-4,7-9H2,1-2H3/t11-,12-/m0/s1. The van der Waals surface area contributed by atoms with Gasteiger partial charge in [-0.1, -0.05) is 0 Å². The van der Waals surface area contributed by atoms with E-state index in [1.54, 1.807) is 19.5 Å². The van der Waals surface area contributed by atoms with E-state index in [9.17, 15) is 4.79 Å². The van der Waals surface area contributed by atoms with Gasteiger partial charge in [-0.25, -0.2) is 9.97 Å². The lowest BCUT2D eigenvalue weighted by Crippen LogP contribution is -2.60. The Morgan fingerprint density at radius 1 is 1.43 bits per heavy atom. The summed E-state index contributed by atoms with van der Waals surface area (Å²) in [5.41, 5.74) is 1.04. The van der Waals surface area contributed by atoms with Crippen LogP contribution in [0.3, 0.4) is 0 Å². The molecule has 2 atom stereocenters. The zero-order chi connectivity index (χ0) is 14.8. The van der Waals surface area contributed by atoms with Crippen LogP contribution in [0, 0.1) is 0 Å². The number of carbonyl (C=O) groups excluding carboxylic acids is 1. The third-order valence-corrected chi connectivity index (χ3v) is 4.19. The van der Waals surface area contributed by atoms with Gasteiger partial charge in [-0.3, -0.25) is 9.69 Å². The summed E-state index contributed by atoms with van der Waals surface area (Å²) in [6, 6.07) is 0.516. The smallest absolute Gasteiger partial charge is 0.316 e. The highest BCUT2D eigenvalue weighted by molar-refractivity contribution is 5.78. The van der Waals surface area contributed by atoms with Crippen molar-refractivity contribution in [1.82, 2.24) is 19.8 Å². The molecule has 114 valence electrons. The third-order valence-electron chi connectivity index (χ3n) is 4.19. The summed E-state index contributed by atoms with van der Waals surface area (Å²) < 4.78 is 10.6. The first-order valence-corrected chi connectivity index (χ1v) is 7.12. The van der Waals surface area contributed by atoms with Crippen LogP contribution < -0.4 is 4.74 Å². The van der Waals surface area contributed by atoms with Crippen LogP contribution in [0.1, 0.15) is 12.0 Å². The van der Waals surface area contributed by atoms with Gasteiger partial charge in [0, 0.05) is 44.6 Å². The van der Waals surface area contributed by atoms with Gasteiger partial charge in [0.2, 0.25) is 5.91 Å². The first-order chi connectivity index (χ1) is 10.2. The average Bonchev–Trinajstić information content (AvgIpc) is 2.52. The van der Waals surface area contributed by atoms with Crippen LogP contribution in [0.25, 0.3) is 0 Å². The Hall–Kier alpha value is -1.73. The Bertz CT molecular complexity index is 507. The molecule has 7 heteroatoms. The molecule has 7 nitrogen and oxygen atoms in total. The molecule has 0 N–H and O–H groups in total. The molecule has 2 aliphatic heterocycles. The molecule has 0 aromatic carbocycles. The van der Waals surface area contributed by atoms with Gasteiger partial charge in [0.15, 0.2) is 0 Å². The van der Waals surface area contributed by atoms with Crippen molar-refractivity contribution in [3.63, 3.8) is 0 Å². The van der Waals surface area contributed by atoms with Crippen molar-refractivity contribution in [3.8, 4) is 6.01 Å². The predicted molar refractivity (Wildman–Crippen MR) is 74.8 cm³/mol. The maximum absolute atomic E-state index is 11.7. The number of amides is 1. The van der Waals surface area contributed by atoms with E-state index < -0.39 is 0 Å². The number of likely N-dealkylation sites (N-methyl/N-ethyl adjacent to an activating group) is 1. The number of carbonyl (C=O) groups is 1. The van der Waals surface area contributed by atoms with Gasteiger partial charge in [0.1, 0.15) is 6.61 Å². The summed E-state index contributed by atoms with van der Waals surface area (Å²) in [5, 5.41) is 0. The first-order valence-electron chi connectivity index (χ1n) is 7.12. The largest absolute Gasteiger partial charge is 0.467 e. The molecular weight excluding hydrogens is 272 g/mol. The van der Waals surface area contributed by atoms with E-state index in [4.69, 9.17) is 9.47 Å². The molecule has 0 spiro atoms. The van der Waals surface area contributed by atoms with Crippen molar-refractivity contribution in [3.05, 3.63) is 18.0 Å². The summed E-state index contributed by atoms with van der Waals surface area (Å²) in [6.07, 6.45) is 4.67. The summed E-state index contributed by atoms with van der Waals surface area (Å²) in [5.74, 6) is 0.0610. The highest BCUT2D eigenvalue weighted by Gasteiger charge is 2.38. The summed E-state index contributed by atoms with van der Waals surface area (Å²) >= 11 is 0. The van der Waals surface area contributed by atoms with Crippen LogP contribution >= 0.6 is 0 Å². The molecule has 2 fully saturated rings. The van der Waals surface area contributed by atoms with Gasteiger partial charge in [-0.05, 0) is 6.42 Å². The van der Waals surface area contributed by atoms with E-state index in [1.807, 2.05) is 11.9 Å². The van der Waals surface area contributed by atoms with E-state index in [-0.39, 0.29) is 24.7 Å². The average molecular weight is 292 g/mol. The van der Waals surface area contributed by atoms with Crippen LogP contribution in [0.2, 0.25) is 0 Å². The predicted octanol–water partition coefficient (Wildman–Crippen LogP) is -0.0833. The molecule has 0 radical (unpaired) electrons. The fourth-order valence-corrected chi connectivity index (χ4v) is 2.94. The van der Waals surface area contributed by atoms with Crippen molar-refractivity contribution in [2.75, 3.05) is 33.9 Å². The number of nitrogens with zero attached hydrogens (tertiary/aromatic N) is 4. The van der Waals surface area contributed by atoms with E-state index >= 15 is 0 Å². The highest BCUT2D eigenvalue weighted by atomic mass is 16.5. The topological polar surface area (TPSA) is 67.8 Å². The zero-order valence-electron chi connectivity index (χ0n) is 12.4. The Balaban J connectivity index is 1.63. The molecule has 1 amide bonds. The number of morpholine rings is 1. The maximum Gasteiger partial charge on any atom is 0.316 e. The van der Waals surface area contributed by atoms with Crippen molar-refractivity contribution < 1.29 is 14.3 Å². The van der Waals surface area contributed by atoms with Gasteiger partial charge in [-0.15, -0.1) is 0 Å². The van der Waals surface area contributed by atoms with Crippen molar-refractivity contribution in [1.29, 1.82) is 0 Å². The van der Waals surface area contributed by atoms with E-state index in [1.165, 1.54) is 0 Å². The third kappa shape index (κ3) is 2.98. The number of hydrogen-bond donors (Lipinski definition) is 0. The van der Waals surface area contributed by atoms with Crippen molar-refractivity contribution in [2.45, 2.75) is 25.1 Å². The molecule has 2 aliphatic rings. The van der Waals surface area contributed by atoms with Crippen LogP contribution in [0.5, 0.6) is 6.01 Å². The van der Waals surface area contributed by atoms with Crippen LogP contribution in [0.4, 0.5) is 0 Å². The quantitative estimate of drug-likeness (QED) is 0.776. The van der Waals surface area contributed by atoms with E-state index in [2.05, 4.69) is 14.9 Å². The molecule has 1 aromatic rings. The van der Waals surface area contributed by atoms with Crippen LogP contribution in [-0.2, 0) is 16.1 Å². The Labute approximate surface area is 123 Å². The Morgan fingerprint density at radius 3 is 2.90 bits per heavy atom. The SMILES string of the molecule is COc1ncc(CN2CC[C@@H]3OCC(=O)N(C)[C@H]3C2)cn1. The lowest BCUT2D eigenvalue weighted by molar-refractivity contribution is -0.160. The molecule has 0 saturated carbocycles. The number of fused-ring (bicyclic) bond motifs is 1. The zero-order valence-corrected chi connectivity index (χ0v) is 12.4. The second kappa shape index (κ2) is 5.95. The van der Waals surface area contributed by atoms with Gasteiger partial charge in [-0.2, -0.15) is 0 Å². The lowest BCUT2D eigenvalue weighted by atomic mass is 9.99. The molecule has 1 aromatic heterocycles. The number of hydrogen-bond acceptors (Lipinski definition) is 6. The monoisotopic (exact) mass is 292 g/mol. The summed E-state index contributed by atoms with van der Waals surface area (Å²) in [4.78, 5) is 24.1. The van der Waals surface area contributed by atoms with E-state index in [0.29, 0.717) is 6.01 Å². The molecule has 0 unspecified atom stereocenters. The number of methoxy groups -OCH3 is 1. The van der Waals surface area contributed by atoms with Gasteiger partial charge < -0.3 is 14.4 Å². The minimum absolute atomic E-state index is 0.0610. The Kier molecular flexibility index (Phi) is 4.03. The normalized spacial score (nSPS) is 26.6.